The van der Waals surface area contributed by atoms with Crippen molar-refractivity contribution in [1.29, 1.82) is 0 Å². The molecule has 0 radical (unpaired) electrons. The molecule has 384 valence electrons. The Kier molecular flexibility index (Phi) is 11.5. The fourth-order valence-electron chi connectivity index (χ4n) is 12.0. The van der Waals surface area contributed by atoms with Gasteiger partial charge in [-0.25, -0.2) is 4.98 Å². The number of pyridine rings is 1. The number of anilines is 4. The van der Waals surface area contributed by atoms with Gasteiger partial charge < -0.3 is 28.2 Å². The molecule has 0 aliphatic carbocycles. The molecule has 5 heterocycles. The maximum atomic E-state index is 6.73. The van der Waals surface area contributed by atoms with E-state index >= 15 is 0 Å². The van der Waals surface area contributed by atoms with Gasteiger partial charge in [-0.15, -0.1) is 48.1 Å². The summed E-state index contributed by atoms with van der Waals surface area (Å²) < 4.78 is 13.8. The Hall–Kier alpha value is -9.16. The number of hydrogen-bond donors (Lipinski definition) is 0. The van der Waals surface area contributed by atoms with E-state index in [4.69, 9.17) is 9.72 Å². The molecular formula is C71H51N6OPt-3. The number of para-hydroxylation sites is 7. The molecule has 1 aliphatic heterocycles. The standard InChI is InChI=1S/C71H51N6O.Pt/c1-46-41-69(72-44-58(46)70-66(75-59-26-10-5-21-52(59)53-22-6-11-27-60(53)75)33-18-34-67(70)76-61-28-12-7-23-54(61)55-24-8-13-29-62(55)76)77-63-30-14-9-25-56(63)57-40-39-51(43-68(57)77)78-50-20-17-19-49(42-50)74-45-73(64-31-15-16-32-65(64)74)48-37-35-47(36-38-48)71(2,3)4;/h5-41,44-45H,1-4H3;/q-3;. The summed E-state index contributed by atoms with van der Waals surface area (Å²) in [6, 6.07) is 87.2. The van der Waals surface area contributed by atoms with Gasteiger partial charge in [-0.05, 0) is 102 Å². The molecule has 0 bridgehead atoms. The van der Waals surface area contributed by atoms with Crippen LogP contribution in [0.25, 0.3) is 93.7 Å². The number of nitrogens with zero attached hydrogens (tertiary/aromatic N) is 6. The number of ether oxygens (including phenoxy) is 1. The largest absolute Gasteiger partial charge is 0.509 e. The van der Waals surface area contributed by atoms with E-state index in [1.54, 1.807) is 0 Å². The normalized spacial score (nSPS) is 12.6. The Morgan fingerprint density at radius 1 is 0.443 bits per heavy atom. The molecule has 0 amide bonds. The van der Waals surface area contributed by atoms with Crippen LogP contribution in [0.1, 0.15) is 31.9 Å². The summed E-state index contributed by atoms with van der Waals surface area (Å²) in [6.07, 6.45) is 2.08. The molecule has 4 aromatic heterocycles. The van der Waals surface area contributed by atoms with Crippen LogP contribution in [-0.2, 0) is 26.5 Å². The molecule has 0 unspecified atom stereocenters. The van der Waals surface area contributed by atoms with E-state index in [2.05, 4.69) is 282 Å². The van der Waals surface area contributed by atoms with Gasteiger partial charge >= 0.3 is 0 Å². The zero-order valence-corrected chi connectivity index (χ0v) is 46.2. The average molecular weight is 1200 g/mol. The monoisotopic (exact) mass is 1200 g/mol. The van der Waals surface area contributed by atoms with Crippen LogP contribution < -0.4 is 14.5 Å². The molecule has 10 aromatic carbocycles. The summed E-state index contributed by atoms with van der Waals surface area (Å²) in [6.45, 7) is 11.1. The van der Waals surface area contributed by atoms with Crippen LogP contribution in [0, 0.1) is 25.7 Å². The molecule has 0 saturated heterocycles. The number of aryl methyl sites for hydroxylation is 1. The van der Waals surface area contributed by atoms with Crippen LogP contribution in [0.5, 0.6) is 11.5 Å². The average Bonchev–Trinajstić information content (AvgIpc) is 4.15. The Morgan fingerprint density at radius 2 is 0.911 bits per heavy atom. The smallest absolute Gasteiger partial charge is 0.135 e. The molecule has 8 heteroatoms. The molecule has 79 heavy (non-hydrogen) atoms. The molecule has 0 N–H and O–H groups in total. The topological polar surface area (TPSA) is 43.4 Å². The summed E-state index contributed by atoms with van der Waals surface area (Å²) in [4.78, 5) is 9.86. The van der Waals surface area contributed by atoms with Gasteiger partial charge in [-0.3, -0.25) is 0 Å². The molecule has 0 atom stereocenters. The molecule has 0 fully saturated rings. The van der Waals surface area contributed by atoms with Gasteiger partial charge in [-0.1, -0.05) is 148 Å². The predicted octanol–water partition coefficient (Wildman–Crippen LogP) is 18.4. The van der Waals surface area contributed by atoms with Gasteiger partial charge in [0.1, 0.15) is 5.82 Å². The van der Waals surface area contributed by atoms with E-state index in [0.29, 0.717) is 11.5 Å². The Morgan fingerprint density at radius 3 is 1.46 bits per heavy atom. The van der Waals surface area contributed by atoms with Gasteiger partial charge in [-0.2, -0.15) is 12.1 Å². The van der Waals surface area contributed by atoms with E-state index in [-0.39, 0.29) is 26.5 Å². The summed E-state index contributed by atoms with van der Waals surface area (Å²) in [5, 5.41) is 7.02. The van der Waals surface area contributed by atoms with Crippen molar-refractivity contribution in [3.63, 3.8) is 0 Å². The van der Waals surface area contributed by atoms with Crippen molar-refractivity contribution in [3.8, 4) is 39.8 Å². The van der Waals surface area contributed by atoms with E-state index in [1.807, 2.05) is 18.2 Å². The maximum absolute atomic E-state index is 6.73. The third kappa shape index (κ3) is 7.78. The van der Waals surface area contributed by atoms with Gasteiger partial charge in [0.2, 0.25) is 0 Å². The van der Waals surface area contributed by atoms with Crippen LogP contribution in [-0.4, -0.2) is 18.7 Å². The van der Waals surface area contributed by atoms with Crippen molar-refractivity contribution in [2.24, 2.45) is 0 Å². The fraction of sp³-hybridized carbons (Fsp3) is 0.0704. The SMILES string of the molecule is Cc1cc(-n2c3[c-]c(Oc4[c-]c(N5[CH-]N(c6ccc(C(C)(C)C)cc6)c6ccccc65)ccc4)ccc3c3ccccc32)ncc1-c1c(-n2c3ccccc3c3ccccc32)cccc1-n1c2ccccc2c2ccccc21.[Pt]. The summed E-state index contributed by atoms with van der Waals surface area (Å²) in [5.74, 6) is 1.96. The maximum Gasteiger partial charge on any atom is 0.135 e. The van der Waals surface area contributed by atoms with Crippen LogP contribution in [0.2, 0.25) is 0 Å². The van der Waals surface area contributed by atoms with E-state index < -0.39 is 0 Å². The molecule has 1 aliphatic rings. The minimum absolute atomic E-state index is 0. The number of aromatic nitrogens is 4. The van der Waals surface area contributed by atoms with Gasteiger partial charge in [0.05, 0.1) is 33.4 Å². The van der Waals surface area contributed by atoms with Crippen molar-refractivity contribution in [1.82, 2.24) is 18.7 Å². The van der Waals surface area contributed by atoms with Crippen molar-refractivity contribution >= 4 is 88.2 Å². The second kappa shape index (κ2) is 18.8. The van der Waals surface area contributed by atoms with Crippen molar-refractivity contribution < 1.29 is 25.8 Å². The Balaban J connectivity index is 0.00000564. The van der Waals surface area contributed by atoms with Crippen LogP contribution in [0.4, 0.5) is 22.7 Å². The van der Waals surface area contributed by atoms with E-state index in [1.165, 1.54) is 27.1 Å². The Bertz CT molecular complexity index is 4470. The third-order valence-electron chi connectivity index (χ3n) is 15.7. The molecule has 15 rings (SSSR count). The molecule has 7 nitrogen and oxygen atoms in total. The summed E-state index contributed by atoms with van der Waals surface area (Å²) in [5.41, 5.74) is 17.3. The second-order valence-corrected chi connectivity index (χ2v) is 21.3. The first-order chi connectivity index (χ1) is 38.2. The first kappa shape index (κ1) is 48.2. The van der Waals surface area contributed by atoms with Crippen LogP contribution in [0.15, 0.2) is 231 Å². The van der Waals surface area contributed by atoms with E-state index in [9.17, 15) is 0 Å². The summed E-state index contributed by atoms with van der Waals surface area (Å²) in [7, 11) is 0. The fourth-order valence-corrected chi connectivity index (χ4v) is 12.0. The quantitative estimate of drug-likeness (QED) is 0.142. The number of benzene rings is 10. The molecule has 0 saturated carbocycles. The zero-order chi connectivity index (χ0) is 52.2. The Labute approximate surface area is 473 Å². The zero-order valence-electron chi connectivity index (χ0n) is 43.9. The van der Waals surface area contributed by atoms with Crippen molar-refractivity contribution in [3.05, 3.63) is 261 Å². The number of rotatable bonds is 8. The van der Waals surface area contributed by atoms with Gasteiger partial charge in [0, 0.05) is 94.0 Å². The van der Waals surface area contributed by atoms with Crippen molar-refractivity contribution in [2.45, 2.75) is 33.1 Å². The second-order valence-electron chi connectivity index (χ2n) is 21.3. The molecular weight excluding hydrogens is 1150 g/mol. The third-order valence-corrected chi connectivity index (χ3v) is 15.7. The number of fused-ring (bicyclic) bond motifs is 10. The molecule has 0 spiro atoms. The van der Waals surface area contributed by atoms with Gasteiger partial charge in [0.25, 0.3) is 0 Å². The van der Waals surface area contributed by atoms with E-state index in [0.717, 1.165) is 101 Å². The predicted molar refractivity (Wildman–Crippen MR) is 322 cm³/mol. The van der Waals surface area contributed by atoms with Crippen molar-refractivity contribution in [2.75, 3.05) is 9.80 Å². The minimum atomic E-state index is 0. The van der Waals surface area contributed by atoms with Crippen LogP contribution >= 0.6 is 0 Å². The first-order valence-corrected chi connectivity index (χ1v) is 26.6. The van der Waals surface area contributed by atoms with Crippen LogP contribution in [0.3, 0.4) is 0 Å². The summed E-state index contributed by atoms with van der Waals surface area (Å²) >= 11 is 0. The minimum Gasteiger partial charge on any atom is -0.509 e. The first-order valence-electron chi connectivity index (χ1n) is 26.6. The molecule has 14 aromatic rings. The number of hydrogen-bond acceptors (Lipinski definition) is 4. The van der Waals surface area contributed by atoms with Gasteiger partial charge in [0.15, 0.2) is 0 Å².